The van der Waals surface area contributed by atoms with Gasteiger partial charge in [0.15, 0.2) is 5.58 Å². The molecule has 0 aliphatic rings. The molecule has 0 saturated heterocycles. The average Bonchev–Trinajstić information content (AvgIpc) is 3.22. The highest BCUT2D eigenvalue weighted by molar-refractivity contribution is 6.07. The fraction of sp³-hybridized carbons (Fsp3) is 0.227. The second-order valence-corrected chi connectivity index (χ2v) is 6.61. The summed E-state index contributed by atoms with van der Waals surface area (Å²) < 4.78 is 7.95. The lowest BCUT2D eigenvalue weighted by atomic mass is 10.0. The number of hydrogen-bond acceptors (Lipinski definition) is 2. The number of aromatic nitrogens is 1. The van der Waals surface area contributed by atoms with Crippen LogP contribution in [-0.2, 0) is 6.54 Å². The number of hydrogen-bond donors (Lipinski definition) is 1. The standard InChI is InChI=1S/C22H22N2O2/c1-3-24-18(13-20-21(24)17-11-7-8-12-19(17)26-20)22(25)23-14-15(2)16-9-5-4-6-10-16/h4-13,15H,3,14H2,1-2H3,(H,23,25)/t15-/m1/s1. The number of fused-ring (bicyclic) bond motifs is 3. The first-order chi connectivity index (χ1) is 12.7. The van der Waals surface area contributed by atoms with Crippen LogP contribution in [0.5, 0.6) is 0 Å². The third-order valence-electron chi connectivity index (χ3n) is 4.91. The predicted octanol–water partition coefficient (Wildman–Crippen LogP) is 4.94. The van der Waals surface area contributed by atoms with Gasteiger partial charge in [-0.15, -0.1) is 0 Å². The first-order valence-electron chi connectivity index (χ1n) is 9.03. The van der Waals surface area contributed by atoms with Crippen LogP contribution in [0.25, 0.3) is 22.1 Å². The van der Waals surface area contributed by atoms with E-state index >= 15 is 0 Å². The quantitative estimate of drug-likeness (QED) is 0.556. The molecule has 4 aromatic rings. The van der Waals surface area contributed by atoms with Crippen molar-refractivity contribution in [2.24, 2.45) is 0 Å². The van der Waals surface area contributed by atoms with E-state index in [-0.39, 0.29) is 11.8 Å². The van der Waals surface area contributed by atoms with Crippen molar-refractivity contribution >= 4 is 28.0 Å². The number of carbonyl (C=O) groups excluding carboxylic acids is 1. The molecule has 0 aliphatic carbocycles. The van der Waals surface area contributed by atoms with Crippen LogP contribution in [0.15, 0.2) is 65.1 Å². The molecule has 0 spiro atoms. The second kappa shape index (κ2) is 6.71. The van der Waals surface area contributed by atoms with E-state index < -0.39 is 0 Å². The molecular weight excluding hydrogens is 324 g/mol. The summed E-state index contributed by atoms with van der Waals surface area (Å²) in [7, 11) is 0. The molecule has 1 amide bonds. The van der Waals surface area contributed by atoms with E-state index in [1.165, 1.54) is 5.56 Å². The topological polar surface area (TPSA) is 47.2 Å². The van der Waals surface area contributed by atoms with E-state index in [0.717, 1.165) is 22.1 Å². The predicted molar refractivity (Wildman–Crippen MR) is 105 cm³/mol. The Morgan fingerprint density at radius 2 is 1.81 bits per heavy atom. The summed E-state index contributed by atoms with van der Waals surface area (Å²) in [5.41, 5.74) is 4.47. The number of nitrogens with zero attached hydrogens (tertiary/aromatic N) is 1. The van der Waals surface area contributed by atoms with Crippen molar-refractivity contribution in [1.29, 1.82) is 0 Å². The number of para-hydroxylation sites is 1. The Kier molecular flexibility index (Phi) is 4.25. The summed E-state index contributed by atoms with van der Waals surface area (Å²) in [6.45, 7) is 5.47. The van der Waals surface area contributed by atoms with Crippen LogP contribution in [0.2, 0.25) is 0 Å². The number of nitrogens with one attached hydrogen (secondary N) is 1. The lowest BCUT2D eigenvalue weighted by molar-refractivity contribution is 0.0943. The van der Waals surface area contributed by atoms with Crippen LogP contribution in [0.1, 0.15) is 35.8 Å². The molecule has 1 atom stereocenters. The van der Waals surface area contributed by atoms with Crippen molar-refractivity contribution < 1.29 is 9.21 Å². The van der Waals surface area contributed by atoms with Gasteiger partial charge in [0.25, 0.3) is 5.91 Å². The molecule has 132 valence electrons. The highest BCUT2D eigenvalue weighted by atomic mass is 16.3. The highest BCUT2D eigenvalue weighted by Gasteiger charge is 2.20. The molecular formula is C22H22N2O2. The fourth-order valence-corrected chi connectivity index (χ4v) is 3.50. The zero-order chi connectivity index (χ0) is 18.1. The maximum absolute atomic E-state index is 12.8. The third kappa shape index (κ3) is 2.77. The number of furan rings is 1. The van der Waals surface area contributed by atoms with Crippen molar-refractivity contribution in [3.8, 4) is 0 Å². The smallest absolute Gasteiger partial charge is 0.268 e. The molecule has 0 fully saturated rings. The third-order valence-corrected chi connectivity index (χ3v) is 4.91. The maximum Gasteiger partial charge on any atom is 0.268 e. The van der Waals surface area contributed by atoms with Gasteiger partial charge < -0.3 is 14.3 Å². The van der Waals surface area contributed by atoms with Crippen molar-refractivity contribution in [1.82, 2.24) is 9.88 Å². The average molecular weight is 346 g/mol. The zero-order valence-electron chi connectivity index (χ0n) is 15.0. The van der Waals surface area contributed by atoms with Gasteiger partial charge in [0, 0.05) is 24.5 Å². The van der Waals surface area contributed by atoms with E-state index in [1.54, 1.807) is 0 Å². The largest absolute Gasteiger partial charge is 0.454 e. The Morgan fingerprint density at radius 3 is 2.58 bits per heavy atom. The molecule has 4 nitrogen and oxygen atoms in total. The molecule has 0 radical (unpaired) electrons. The van der Waals surface area contributed by atoms with Crippen molar-refractivity contribution in [2.45, 2.75) is 26.3 Å². The minimum Gasteiger partial charge on any atom is -0.454 e. The molecule has 1 N–H and O–H groups in total. The molecule has 2 aromatic carbocycles. The molecule has 4 rings (SSSR count). The van der Waals surface area contributed by atoms with Crippen LogP contribution in [0.3, 0.4) is 0 Å². The van der Waals surface area contributed by atoms with Crippen LogP contribution < -0.4 is 5.32 Å². The maximum atomic E-state index is 12.8. The van der Waals surface area contributed by atoms with Crippen molar-refractivity contribution in [3.05, 3.63) is 71.9 Å². The van der Waals surface area contributed by atoms with Crippen LogP contribution in [0.4, 0.5) is 0 Å². The van der Waals surface area contributed by atoms with Crippen LogP contribution >= 0.6 is 0 Å². The monoisotopic (exact) mass is 346 g/mol. The number of benzene rings is 2. The molecule has 0 saturated carbocycles. The molecule has 2 heterocycles. The summed E-state index contributed by atoms with van der Waals surface area (Å²) in [5.74, 6) is 0.194. The summed E-state index contributed by atoms with van der Waals surface area (Å²) in [6, 6.07) is 20.0. The van der Waals surface area contributed by atoms with Gasteiger partial charge in [-0.3, -0.25) is 4.79 Å². The van der Waals surface area contributed by atoms with Crippen molar-refractivity contribution in [2.75, 3.05) is 6.54 Å². The van der Waals surface area contributed by atoms with Crippen LogP contribution in [-0.4, -0.2) is 17.0 Å². The van der Waals surface area contributed by atoms with Crippen molar-refractivity contribution in [3.63, 3.8) is 0 Å². The second-order valence-electron chi connectivity index (χ2n) is 6.61. The Bertz CT molecular complexity index is 1060. The Morgan fingerprint density at radius 1 is 1.08 bits per heavy atom. The van der Waals surface area contributed by atoms with Gasteiger partial charge in [-0.1, -0.05) is 49.4 Å². The molecule has 4 heteroatoms. The van der Waals surface area contributed by atoms with E-state index in [1.807, 2.05) is 60.0 Å². The summed E-state index contributed by atoms with van der Waals surface area (Å²) in [6.07, 6.45) is 0. The normalized spacial score (nSPS) is 12.5. The number of aryl methyl sites for hydroxylation is 1. The number of rotatable bonds is 5. The minimum absolute atomic E-state index is 0.0647. The minimum atomic E-state index is -0.0647. The summed E-state index contributed by atoms with van der Waals surface area (Å²) >= 11 is 0. The summed E-state index contributed by atoms with van der Waals surface area (Å²) in [4.78, 5) is 12.8. The molecule has 0 unspecified atom stereocenters. The van der Waals surface area contributed by atoms with E-state index in [4.69, 9.17) is 4.42 Å². The Balaban J connectivity index is 1.60. The van der Waals surface area contributed by atoms with Gasteiger partial charge in [0.2, 0.25) is 0 Å². The number of amides is 1. The van der Waals surface area contributed by atoms with Gasteiger partial charge in [-0.25, -0.2) is 0 Å². The van der Waals surface area contributed by atoms with Gasteiger partial charge in [0.1, 0.15) is 11.3 Å². The first kappa shape index (κ1) is 16.5. The Hall–Kier alpha value is -3.01. The van der Waals surface area contributed by atoms with E-state index in [0.29, 0.717) is 18.8 Å². The lowest BCUT2D eigenvalue weighted by Crippen LogP contribution is -2.29. The van der Waals surface area contributed by atoms with Gasteiger partial charge in [0.05, 0.1) is 5.52 Å². The van der Waals surface area contributed by atoms with E-state index in [2.05, 4.69) is 24.4 Å². The van der Waals surface area contributed by atoms with Gasteiger partial charge >= 0.3 is 0 Å². The molecule has 26 heavy (non-hydrogen) atoms. The van der Waals surface area contributed by atoms with E-state index in [9.17, 15) is 4.79 Å². The van der Waals surface area contributed by atoms with Gasteiger partial charge in [-0.05, 0) is 30.5 Å². The fourth-order valence-electron chi connectivity index (χ4n) is 3.50. The highest BCUT2D eigenvalue weighted by Crippen LogP contribution is 2.31. The summed E-state index contributed by atoms with van der Waals surface area (Å²) in [5, 5.41) is 4.11. The SMILES string of the molecule is CCn1c(C(=O)NC[C@@H](C)c2ccccc2)cc2oc3ccccc3c21. The van der Waals surface area contributed by atoms with Gasteiger partial charge in [-0.2, -0.15) is 0 Å². The van der Waals surface area contributed by atoms with Crippen LogP contribution in [0, 0.1) is 0 Å². The molecule has 0 bridgehead atoms. The zero-order valence-corrected chi connectivity index (χ0v) is 15.0. The number of carbonyl (C=O) groups is 1. The Labute approximate surface area is 152 Å². The molecule has 2 aromatic heterocycles. The molecule has 0 aliphatic heterocycles. The first-order valence-corrected chi connectivity index (χ1v) is 9.03. The lowest BCUT2D eigenvalue weighted by Gasteiger charge is -2.14.